The SMILES string of the molecule is CCCc1nc(N)nc2ccc(-c3cc(Br)cnc3Br)nc12. The number of pyridine rings is 2. The normalized spacial score (nSPS) is 11.0. The highest BCUT2D eigenvalue weighted by Crippen LogP contribution is 2.29. The first-order valence-corrected chi connectivity index (χ1v) is 8.41. The van der Waals surface area contributed by atoms with Gasteiger partial charge in [0.1, 0.15) is 10.1 Å². The molecule has 0 aliphatic carbocycles. The minimum Gasteiger partial charge on any atom is -0.368 e. The van der Waals surface area contributed by atoms with Crippen molar-refractivity contribution in [2.24, 2.45) is 0 Å². The molecule has 0 saturated carbocycles. The van der Waals surface area contributed by atoms with Crippen molar-refractivity contribution >= 4 is 48.8 Å². The molecule has 0 aliphatic heterocycles. The Morgan fingerprint density at radius 1 is 1.14 bits per heavy atom. The third kappa shape index (κ3) is 2.96. The second-order valence-corrected chi connectivity index (χ2v) is 6.50. The summed E-state index contributed by atoms with van der Waals surface area (Å²) in [5, 5.41) is 0. The highest BCUT2D eigenvalue weighted by atomic mass is 79.9. The predicted molar refractivity (Wildman–Crippen MR) is 94.4 cm³/mol. The van der Waals surface area contributed by atoms with Crippen molar-refractivity contribution in [2.45, 2.75) is 19.8 Å². The van der Waals surface area contributed by atoms with E-state index < -0.39 is 0 Å². The molecule has 0 atom stereocenters. The maximum Gasteiger partial charge on any atom is 0.220 e. The van der Waals surface area contributed by atoms with E-state index in [-0.39, 0.29) is 5.95 Å². The van der Waals surface area contributed by atoms with Crippen LogP contribution in [0.25, 0.3) is 22.3 Å². The summed E-state index contributed by atoms with van der Waals surface area (Å²) in [5.41, 5.74) is 9.94. The first-order valence-electron chi connectivity index (χ1n) is 6.83. The summed E-state index contributed by atoms with van der Waals surface area (Å²) in [6, 6.07) is 5.81. The zero-order valence-electron chi connectivity index (χ0n) is 11.8. The van der Waals surface area contributed by atoms with Crippen LogP contribution < -0.4 is 5.73 Å². The summed E-state index contributed by atoms with van der Waals surface area (Å²) in [5.74, 6) is 0.288. The van der Waals surface area contributed by atoms with Crippen molar-refractivity contribution in [3.63, 3.8) is 0 Å². The number of aryl methyl sites for hydroxylation is 1. The largest absolute Gasteiger partial charge is 0.368 e. The molecule has 0 bridgehead atoms. The lowest BCUT2D eigenvalue weighted by atomic mass is 10.1. The average Bonchev–Trinajstić information content (AvgIpc) is 2.49. The molecular weight excluding hydrogens is 410 g/mol. The summed E-state index contributed by atoms with van der Waals surface area (Å²) in [6.07, 6.45) is 3.53. The minimum absolute atomic E-state index is 0.288. The summed E-state index contributed by atoms with van der Waals surface area (Å²) in [7, 11) is 0. The molecule has 0 fully saturated rings. The molecule has 112 valence electrons. The maximum atomic E-state index is 5.77. The highest BCUT2D eigenvalue weighted by molar-refractivity contribution is 9.11. The van der Waals surface area contributed by atoms with Crippen LogP contribution in [0.1, 0.15) is 19.0 Å². The van der Waals surface area contributed by atoms with Crippen molar-refractivity contribution in [3.05, 3.63) is 39.2 Å². The molecule has 0 unspecified atom stereocenters. The lowest BCUT2D eigenvalue weighted by Crippen LogP contribution is -2.02. The van der Waals surface area contributed by atoms with Crippen LogP contribution in [-0.4, -0.2) is 19.9 Å². The topological polar surface area (TPSA) is 77.6 Å². The molecule has 0 amide bonds. The van der Waals surface area contributed by atoms with E-state index in [1.165, 1.54) is 0 Å². The molecule has 7 heteroatoms. The van der Waals surface area contributed by atoms with Crippen LogP contribution in [0.2, 0.25) is 0 Å². The molecule has 0 radical (unpaired) electrons. The first kappa shape index (κ1) is 15.3. The molecule has 0 spiro atoms. The van der Waals surface area contributed by atoms with Gasteiger partial charge in [-0.05, 0) is 56.5 Å². The van der Waals surface area contributed by atoms with Gasteiger partial charge in [0.15, 0.2) is 0 Å². The summed E-state index contributed by atoms with van der Waals surface area (Å²) in [4.78, 5) is 17.6. The molecule has 0 aromatic carbocycles. The summed E-state index contributed by atoms with van der Waals surface area (Å²) in [6.45, 7) is 2.10. The average molecular weight is 423 g/mol. The van der Waals surface area contributed by atoms with Crippen LogP contribution in [0.3, 0.4) is 0 Å². The van der Waals surface area contributed by atoms with Crippen LogP contribution in [0.5, 0.6) is 0 Å². The van der Waals surface area contributed by atoms with Gasteiger partial charge >= 0.3 is 0 Å². The number of nitrogens with zero attached hydrogens (tertiary/aromatic N) is 4. The molecule has 3 rings (SSSR count). The summed E-state index contributed by atoms with van der Waals surface area (Å²) < 4.78 is 1.64. The number of nitrogen functional groups attached to an aromatic ring is 1. The standard InChI is InChI=1S/C15H13Br2N5/c1-2-3-11-13-12(22-15(18)21-11)5-4-10(20-13)9-6-8(16)7-19-14(9)17/h4-7H,2-3H2,1H3,(H2,18,21,22). The zero-order valence-corrected chi connectivity index (χ0v) is 15.0. The van der Waals surface area contributed by atoms with E-state index in [9.17, 15) is 0 Å². The van der Waals surface area contributed by atoms with Crippen LogP contribution in [-0.2, 0) is 6.42 Å². The van der Waals surface area contributed by atoms with Gasteiger partial charge in [-0.3, -0.25) is 0 Å². The lowest BCUT2D eigenvalue weighted by Gasteiger charge is -2.08. The molecule has 3 heterocycles. The second-order valence-electron chi connectivity index (χ2n) is 4.83. The second kappa shape index (κ2) is 6.26. The Hall–Kier alpha value is -1.60. The number of rotatable bonds is 3. The molecule has 2 N–H and O–H groups in total. The highest BCUT2D eigenvalue weighted by Gasteiger charge is 2.12. The maximum absolute atomic E-state index is 5.77. The predicted octanol–water partition coefficient (Wildman–Crippen LogP) is 4.15. The quantitative estimate of drug-likeness (QED) is 0.641. The van der Waals surface area contributed by atoms with Gasteiger partial charge < -0.3 is 5.73 Å². The van der Waals surface area contributed by atoms with Gasteiger partial charge in [-0.2, -0.15) is 0 Å². The van der Waals surface area contributed by atoms with Crippen LogP contribution in [0.15, 0.2) is 33.5 Å². The van der Waals surface area contributed by atoms with E-state index in [1.54, 1.807) is 6.20 Å². The van der Waals surface area contributed by atoms with Crippen molar-refractivity contribution in [1.29, 1.82) is 0 Å². The molecule has 3 aromatic rings. The number of nitrogens with two attached hydrogens (primary N) is 1. The van der Waals surface area contributed by atoms with Gasteiger partial charge in [-0.25, -0.2) is 19.9 Å². The Bertz CT molecular complexity index is 851. The number of hydrogen-bond acceptors (Lipinski definition) is 5. The first-order chi connectivity index (χ1) is 10.6. The van der Waals surface area contributed by atoms with Crippen LogP contribution in [0.4, 0.5) is 5.95 Å². The monoisotopic (exact) mass is 421 g/mol. The van der Waals surface area contributed by atoms with E-state index in [2.05, 4.69) is 53.7 Å². The Balaban J connectivity index is 2.22. The smallest absolute Gasteiger partial charge is 0.220 e. The van der Waals surface area contributed by atoms with Gasteiger partial charge in [0, 0.05) is 16.2 Å². The van der Waals surface area contributed by atoms with E-state index >= 15 is 0 Å². The third-order valence-electron chi connectivity index (χ3n) is 3.20. The van der Waals surface area contributed by atoms with Gasteiger partial charge in [-0.1, -0.05) is 13.3 Å². The van der Waals surface area contributed by atoms with Crippen LogP contribution >= 0.6 is 31.9 Å². The van der Waals surface area contributed by atoms with Gasteiger partial charge in [0.05, 0.1) is 16.9 Å². The molecule has 3 aromatic heterocycles. The summed E-state index contributed by atoms with van der Waals surface area (Å²) >= 11 is 6.91. The van der Waals surface area contributed by atoms with E-state index in [1.807, 2.05) is 18.2 Å². The number of hydrogen-bond donors (Lipinski definition) is 1. The van der Waals surface area contributed by atoms with Crippen molar-refractivity contribution in [2.75, 3.05) is 5.73 Å². The van der Waals surface area contributed by atoms with E-state index in [0.717, 1.165) is 49.9 Å². The Morgan fingerprint density at radius 3 is 2.73 bits per heavy atom. The number of anilines is 1. The molecule has 22 heavy (non-hydrogen) atoms. The minimum atomic E-state index is 0.288. The molecule has 5 nitrogen and oxygen atoms in total. The molecular formula is C15H13Br2N5. The van der Waals surface area contributed by atoms with Crippen LogP contribution in [0, 0.1) is 0 Å². The fourth-order valence-electron chi connectivity index (χ4n) is 2.26. The Kier molecular flexibility index (Phi) is 4.35. The van der Waals surface area contributed by atoms with Crippen molar-refractivity contribution < 1.29 is 0 Å². The van der Waals surface area contributed by atoms with Gasteiger partial charge in [0.25, 0.3) is 0 Å². The van der Waals surface area contributed by atoms with E-state index in [4.69, 9.17) is 10.7 Å². The third-order valence-corrected chi connectivity index (χ3v) is 4.27. The Labute approximate surface area is 144 Å². The molecule has 0 saturated heterocycles. The molecule has 0 aliphatic rings. The van der Waals surface area contributed by atoms with Crippen molar-refractivity contribution in [3.8, 4) is 11.3 Å². The lowest BCUT2D eigenvalue weighted by molar-refractivity contribution is 0.885. The van der Waals surface area contributed by atoms with Gasteiger partial charge in [0.2, 0.25) is 5.95 Å². The zero-order chi connectivity index (χ0) is 15.7. The number of halogens is 2. The van der Waals surface area contributed by atoms with Gasteiger partial charge in [-0.15, -0.1) is 0 Å². The fraction of sp³-hybridized carbons (Fsp3) is 0.200. The fourth-order valence-corrected chi connectivity index (χ4v) is 3.01. The van der Waals surface area contributed by atoms with Crippen molar-refractivity contribution in [1.82, 2.24) is 19.9 Å². The number of aromatic nitrogens is 4. The number of fused-ring (bicyclic) bond motifs is 1. The Morgan fingerprint density at radius 2 is 1.95 bits per heavy atom. The van der Waals surface area contributed by atoms with E-state index in [0.29, 0.717) is 0 Å².